The van der Waals surface area contributed by atoms with Crippen molar-refractivity contribution in [3.05, 3.63) is 69.9 Å². The zero-order valence-electron chi connectivity index (χ0n) is 19.5. The Morgan fingerprint density at radius 2 is 1.50 bits per heavy atom. The minimum atomic E-state index is -0.220. The highest BCUT2D eigenvalue weighted by Crippen LogP contribution is 2.33. The van der Waals surface area contributed by atoms with Crippen LogP contribution in [-0.2, 0) is 9.59 Å². The standard InChI is InChI=1S/C27H32N2O3/c1-18-14-19(2)16-23(15-18)32-13-12-29-26(30)24(22-9-8-20(3)21(4)17-22)25(27(29)31)28-10-6-5-7-11-28/h8-9,14-17H,5-7,10-13H2,1-4H3. The fourth-order valence-electron chi connectivity index (χ4n) is 4.61. The van der Waals surface area contributed by atoms with Crippen LogP contribution in [0.15, 0.2) is 42.1 Å². The third-order valence-electron chi connectivity index (χ3n) is 6.39. The topological polar surface area (TPSA) is 49.9 Å². The van der Waals surface area contributed by atoms with Gasteiger partial charge in [0.1, 0.15) is 18.1 Å². The number of piperidine rings is 1. The van der Waals surface area contributed by atoms with Gasteiger partial charge in [-0.05, 0) is 86.9 Å². The Morgan fingerprint density at radius 3 is 2.16 bits per heavy atom. The summed E-state index contributed by atoms with van der Waals surface area (Å²) in [5, 5.41) is 0. The molecule has 1 saturated heterocycles. The Hall–Kier alpha value is -3.08. The van der Waals surface area contributed by atoms with E-state index in [9.17, 15) is 9.59 Å². The van der Waals surface area contributed by atoms with Gasteiger partial charge < -0.3 is 9.64 Å². The van der Waals surface area contributed by atoms with Gasteiger partial charge in [-0.2, -0.15) is 0 Å². The number of amides is 2. The molecule has 0 unspecified atom stereocenters. The second-order valence-corrected chi connectivity index (χ2v) is 9.00. The van der Waals surface area contributed by atoms with Crippen molar-refractivity contribution in [1.82, 2.24) is 9.80 Å². The highest BCUT2D eigenvalue weighted by Gasteiger charge is 2.41. The number of hydrogen-bond acceptors (Lipinski definition) is 4. The van der Waals surface area contributed by atoms with Gasteiger partial charge in [0.25, 0.3) is 11.8 Å². The van der Waals surface area contributed by atoms with Crippen LogP contribution in [0.2, 0.25) is 0 Å². The molecule has 0 saturated carbocycles. The fraction of sp³-hybridized carbons (Fsp3) is 0.407. The van der Waals surface area contributed by atoms with E-state index in [4.69, 9.17) is 4.74 Å². The lowest BCUT2D eigenvalue weighted by atomic mass is 9.98. The van der Waals surface area contributed by atoms with E-state index in [1.807, 2.05) is 51.1 Å². The number of rotatable bonds is 6. The van der Waals surface area contributed by atoms with E-state index in [2.05, 4.69) is 17.9 Å². The Bertz CT molecular complexity index is 1060. The van der Waals surface area contributed by atoms with Crippen LogP contribution in [0.4, 0.5) is 0 Å². The lowest BCUT2D eigenvalue weighted by Crippen LogP contribution is -2.39. The Balaban J connectivity index is 1.58. The molecular formula is C27H32N2O3. The summed E-state index contributed by atoms with van der Waals surface area (Å²) in [5.41, 5.74) is 6.45. The van der Waals surface area contributed by atoms with Gasteiger partial charge in [0.15, 0.2) is 0 Å². The number of hydrogen-bond donors (Lipinski definition) is 0. The summed E-state index contributed by atoms with van der Waals surface area (Å²) in [6.45, 7) is 10.3. The second kappa shape index (κ2) is 9.19. The van der Waals surface area contributed by atoms with Crippen molar-refractivity contribution >= 4 is 17.4 Å². The first-order valence-electron chi connectivity index (χ1n) is 11.5. The largest absolute Gasteiger partial charge is 0.492 e. The molecule has 2 aliphatic heterocycles. The van der Waals surface area contributed by atoms with Gasteiger partial charge in [0, 0.05) is 13.1 Å². The van der Waals surface area contributed by atoms with E-state index in [0.29, 0.717) is 11.3 Å². The fourth-order valence-corrected chi connectivity index (χ4v) is 4.61. The maximum Gasteiger partial charge on any atom is 0.277 e. The van der Waals surface area contributed by atoms with E-state index in [-0.39, 0.29) is 25.0 Å². The van der Waals surface area contributed by atoms with Gasteiger partial charge in [-0.3, -0.25) is 14.5 Å². The third-order valence-corrected chi connectivity index (χ3v) is 6.39. The molecule has 2 aromatic carbocycles. The second-order valence-electron chi connectivity index (χ2n) is 9.00. The Morgan fingerprint density at radius 1 is 0.812 bits per heavy atom. The minimum absolute atomic E-state index is 0.200. The molecule has 0 spiro atoms. The van der Waals surface area contributed by atoms with E-state index in [1.165, 1.54) is 16.9 Å². The van der Waals surface area contributed by atoms with Crippen LogP contribution in [0, 0.1) is 27.7 Å². The molecule has 0 bridgehead atoms. The first kappa shape index (κ1) is 22.1. The molecule has 0 atom stereocenters. The minimum Gasteiger partial charge on any atom is -0.492 e. The molecule has 0 N–H and O–H groups in total. The quantitative estimate of drug-likeness (QED) is 0.628. The normalized spacial score (nSPS) is 16.9. The van der Waals surface area contributed by atoms with Crippen LogP contribution < -0.4 is 4.74 Å². The third kappa shape index (κ3) is 4.43. The highest BCUT2D eigenvalue weighted by atomic mass is 16.5. The number of likely N-dealkylation sites (tertiary alicyclic amines) is 1. The van der Waals surface area contributed by atoms with E-state index < -0.39 is 0 Å². The predicted molar refractivity (Wildman–Crippen MR) is 126 cm³/mol. The molecule has 5 heteroatoms. The first-order chi connectivity index (χ1) is 15.3. The van der Waals surface area contributed by atoms with Crippen LogP contribution in [0.25, 0.3) is 5.57 Å². The van der Waals surface area contributed by atoms with Crippen LogP contribution in [0.3, 0.4) is 0 Å². The summed E-state index contributed by atoms with van der Waals surface area (Å²) in [6.07, 6.45) is 3.25. The van der Waals surface area contributed by atoms with Gasteiger partial charge in [-0.25, -0.2) is 0 Å². The van der Waals surface area contributed by atoms with Crippen molar-refractivity contribution in [2.24, 2.45) is 0 Å². The van der Waals surface area contributed by atoms with Gasteiger partial charge >= 0.3 is 0 Å². The molecule has 2 aromatic rings. The molecule has 2 heterocycles. The van der Waals surface area contributed by atoms with Crippen molar-refractivity contribution in [1.29, 1.82) is 0 Å². The van der Waals surface area contributed by atoms with Crippen LogP contribution in [0.5, 0.6) is 5.75 Å². The number of aryl methyl sites for hydroxylation is 4. The Kier molecular flexibility index (Phi) is 6.35. The molecule has 4 rings (SSSR count). The SMILES string of the molecule is Cc1cc(C)cc(OCCN2C(=O)C(c3ccc(C)c(C)c3)=C(N3CCCCC3)C2=O)c1. The summed E-state index contributed by atoms with van der Waals surface area (Å²) in [6, 6.07) is 12.0. The molecule has 0 aliphatic carbocycles. The molecule has 0 aromatic heterocycles. The molecule has 2 aliphatic rings. The van der Waals surface area contributed by atoms with Crippen LogP contribution >= 0.6 is 0 Å². The summed E-state index contributed by atoms with van der Waals surface area (Å²) in [7, 11) is 0. The molecule has 168 valence electrons. The van der Waals surface area contributed by atoms with Gasteiger partial charge in [-0.15, -0.1) is 0 Å². The molecule has 1 fully saturated rings. The maximum atomic E-state index is 13.5. The molecule has 32 heavy (non-hydrogen) atoms. The summed E-state index contributed by atoms with van der Waals surface area (Å²) in [4.78, 5) is 30.4. The summed E-state index contributed by atoms with van der Waals surface area (Å²) in [5.74, 6) is 0.345. The average Bonchev–Trinajstić information content (AvgIpc) is 3.00. The number of nitrogens with zero attached hydrogens (tertiary/aromatic N) is 2. The van der Waals surface area contributed by atoms with Crippen LogP contribution in [-0.4, -0.2) is 47.9 Å². The zero-order chi connectivity index (χ0) is 22.8. The maximum absolute atomic E-state index is 13.5. The lowest BCUT2D eigenvalue weighted by Gasteiger charge is -2.29. The summed E-state index contributed by atoms with van der Waals surface area (Å²) >= 11 is 0. The van der Waals surface area contributed by atoms with E-state index >= 15 is 0 Å². The summed E-state index contributed by atoms with van der Waals surface area (Å²) < 4.78 is 5.90. The van der Waals surface area contributed by atoms with Gasteiger partial charge in [0.2, 0.25) is 0 Å². The first-order valence-corrected chi connectivity index (χ1v) is 11.5. The molecular weight excluding hydrogens is 400 g/mol. The van der Waals surface area contributed by atoms with Gasteiger partial charge in [-0.1, -0.05) is 24.3 Å². The van der Waals surface area contributed by atoms with Crippen molar-refractivity contribution in [2.45, 2.75) is 47.0 Å². The van der Waals surface area contributed by atoms with E-state index in [1.54, 1.807) is 0 Å². The highest BCUT2D eigenvalue weighted by molar-refractivity contribution is 6.35. The van der Waals surface area contributed by atoms with Crippen molar-refractivity contribution in [3.63, 3.8) is 0 Å². The van der Waals surface area contributed by atoms with Crippen molar-refractivity contribution in [3.8, 4) is 5.75 Å². The predicted octanol–water partition coefficient (Wildman–Crippen LogP) is 4.57. The number of imide groups is 1. The zero-order valence-corrected chi connectivity index (χ0v) is 19.5. The van der Waals surface area contributed by atoms with Crippen LogP contribution in [0.1, 0.15) is 47.1 Å². The smallest absolute Gasteiger partial charge is 0.277 e. The molecule has 2 amide bonds. The number of carbonyl (C=O) groups excluding carboxylic acids is 2. The van der Waals surface area contributed by atoms with E-state index in [0.717, 1.165) is 53.9 Å². The number of ether oxygens (including phenoxy) is 1. The number of carbonyl (C=O) groups is 2. The van der Waals surface area contributed by atoms with Crippen molar-refractivity contribution < 1.29 is 14.3 Å². The monoisotopic (exact) mass is 432 g/mol. The molecule has 5 nitrogen and oxygen atoms in total. The van der Waals surface area contributed by atoms with Gasteiger partial charge in [0.05, 0.1) is 12.1 Å². The number of benzene rings is 2. The lowest BCUT2D eigenvalue weighted by molar-refractivity contribution is -0.138. The Labute approximate surface area is 190 Å². The average molecular weight is 433 g/mol. The molecule has 0 radical (unpaired) electrons. The van der Waals surface area contributed by atoms with Crippen molar-refractivity contribution in [2.75, 3.05) is 26.2 Å².